The molecule has 0 radical (unpaired) electrons. The number of benzene rings is 1. The average Bonchev–Trinajstić information content (AvgIpc) is 2.87. The number of halogens is 23. The van der Waals surface area contributed by atoms with Crippen LogP contribution < -0.4 is 0 Å². The normalized spacial score (nSPS) is 14.7. The molecule has 0 unspecified atom stereocenters. The molecule has 0 fully saturated rings. The highest BCUT2D eigenvalue weighted by Crippen LogP contribution is 2.65. The van der Waals surface area contributed by atoms with E-state index in [-0.39, 0.29) is 0 Å². The third-order valence-electron chi connectivity index (χ3n) is 5.16. The second-order valence-corrected chi connectivity index (χ2v) is 7.97. The highest BCUT2D eigenvalue weighted by molar-refractivity contribution is 5.90. The van der Waals surface area contributed by atoms with Crippen molar-refractivity contribution in [3.8, 4) is 0 Å². The van der Waals surface area contributed by atoms with E-state index in [2.05, 4.69) is 4.74 Å². The van der Waals surface area contributed by atoms with Gasteiger partial charge in [-0.2, -0.15) is 83.4 Å². The molecule has 5 nitrogen and oxygen atoms in total. The number of hydrogen-bond acceptors (Lipinski definition) is 3. The summed E-state index contributed by atoms with van der Waals surface area (Å²) in [5, 5.41) is 2.04. The van der Waals surface area contributed by atoms with Gasteiger partial charge < -0.3 is 4.74 Å². The molecule has 45 heavy (non-hydrogen) atoms. The second-order valence-electron chi connectivity index (χ2n) is 7.97. The molecule has 28 heteroatoms. The standard InChI is InChI=1S/C17H2F23N3O2/c18-3-2(4(19)6(21)7(5(3)20)42-43-41)8(44)45-1-9(22,23)10(24,25)11(26,27)12(28,29)13(30,31)14(32,33)15(34,35)16(36,37)17(38,39)40/h1H2. The SMILES string of the molecule is [N-]=[N+]=Nc1c(F)c(F)c(C(=O)OCC(F)(F)C(F)(F)C(F)(F)C(F)(F)C(F)(F)C(F)(F)C(F)(F)C(F)(F)C(F)(F)F)c(F)c1F. The van der Waals surface area contributed by atoms with Crippen LogP contribution in [-0.2, 0) is 4.74 Å². The number of hydrogen-bond donors (Lipinski definition) is 0. The molecular formula is C17H2F23N3O2. The molecule has 0 aromatic heterocycles. The van der Waals surface area contributed by atoms with Crippen LogP contribution in [0.2, 0.25) is 0 Å². The van der Waals surface area contributed by atoms with Crippen molar-refractivity contribution in [2.45, 2.75) is 53.6 Å². The summed E-state index contributed by atoms with van der Waals surface area (Å²) < 4.78 is 310. The van der Waals surface area contributed by atoms with Gasteiger partial charge in [-0.05, 0) is 5.53 Å². The Labute approximate surface area is 228 Å². The molecule has 1 rings (SSSR count). The average molecular weight is 717 g/mol. The van der Waals surface area contributed by atoms with Crippen LogP contribution in [0, 0.1) is 23.3 Å². The molecular weight excluding hydrogens is 715 g/mol. The van der Waals surface area contributed by atoms with Gasteiger partial charge in [-0.15, -0.1) is 0 Å². The van der Waals surface area contributed by atoms with Gasteiger partial charge in [0.1, 0.15) is 11.3 Å². The van der Waals surface area contributed by atoms with Crippen LogP contribution in [0.15, 0.2) is 5.11 Å². The maximum Gasteiger partial charge on any atom is 0.460 e. The zero-order chi connectivity index (χ0) is 36.4. The van der Waals surface area contributed by atoms with Crippen molar-refractivity contribution in [1.82, 2.24) is 0 Å². The molecule has 0 aliphatic heterocycles. The molecule has 0 saturated heterocycles. The summed E-state index contributed by atoms with van der Waals surface area (Å²) in [6.45, 7) is -4.03. The Kier molecular flexibility index (Phi) is 9.66. The summed E-state index contributed by atoms with van der Waals surface area (Å²) in [5.74, 6) is -85.1. The monoisotopic (exact) mass is 717 g/mol. The van der Waals surface area contributed by atoms with Gasteiger partial charge in [-0.1, -0.05) is 5.11 Å². The largest absolute Gasteiger partial charge is 0.460 e. The first-order chi connectivity index (χ1) is 19.6. The van der Waals surface area contributed by atoms with Crippen LogP contribution in [0.1, 0.15) is 10.4 Å². The molecule has 1 aromatic carbocycles. The Morgan fingerprint density at radius 1 is 0.556 bits per heavy atom. The lowest BCUT2D eigenvalue weighted by Gasteiger charge is -2.43. The first-order valence-electron chi connectivity index (χ1n) is 9.77. The van der Waals surface area contributed by atoms with Gasteiger partial charge in [0.2, 0.25) is 0 Å². The number of azide groups is 1. The van der Waals surface area contributed by atoms with E-state index < -0.39 is 101 Å². The summed E-state index contributed by atoms with van der Waals surface area (Å²) in [7, 11) is 0. The number of nitrogens with zero attached hydrogens (tertiary/aromatic N) is 3. The van der Waals surface area contributed by atoms with Crippen LogP contribution in [0.25, 0.3) is 10.4 Å². The lowest BCUT2D eigenvalue weighted by molar-refractivity contribution is -0.469. The molecule has 0 atom stereocenters. The van der Waals surface area contributed by atoms with E-state index in [1.165, 1.54) is 0 Å². The summed E-state index contributed by atoms with van der Waals surface area (Å²) in [6, 6.07) is 0. The molecule has 0 amide bonds. The van der Waals surface area contributed by atoms with Crippen molar-refractivity contribution in [1.29, 1.82) is 0 Å². The van der Waals surface area contributed by atoms with Crippen LogP contribution >= 0.6 is 0 Å². The van der Waals surface area contributed by atoms with E-state index in [1.54, 1.807) is 4.91 Å². The van der Waals surface area contributed by atoms with Crippen molar-refractivity contribution >= 4 is 11.7 Å². The van der Waals surface area contributed by atoms with Crippen molar-refractivity contribution in [3.63, 3.8) is 0 Å². The van der Waals surface area contributed by atoms with E-state index in [0.717, 1.165) is 0 Å². The Bertz CT molecular complexity index is 1350. The summed E-state index contributed by atoms with van der Waals surface area (Å²) in [4.78, 5) is 13.2. The van der Waals surface area contributed by atoms with Crippen LogP contribution in [-0.4, -0.2) is 66.1 Å². The number of carbonyl (C=O) groups is 1. The quantitative estimate of drug-likeness (QED) is 0.0573. The minimum atomic E-state index is -9.23. The summed E-state index contributed by atoms with van der Waals surface area (Å²) >= 11 is 0. The molecule has 0 aliphatic carbocycles. The van der Waals surface area contributed by atoms with Gasteiger partial charge in [-0.3, -0.25) is 0 Å². The van der Waals surface area contributed by atoms with Gasteiger partial charge in [0.25, 0.3) is 0 Å². The van der Waals surface area contributed by atoms with Gasteiger partial charge in [-0.25, -0.2) is 22.4 Å². The first-order valence-corrected chi connectivity index (χ1v) is 9.77. The fourth-order valence-corrected chi connectivity index (χ4v) is 2.64. The number of carbonyl (C=O) groups excluding carboxylic acids is 1. The van der Waals surface area contributed by atoms with Gasteiger partial charge in [0, 0.05) is 4.91 Å². The third-order valence-corrected chi connectivity index (χ3v) is 5.16. The predicted molar refractivity (Wildman–Crippen MR) is 91.0 cm³/mol. The Morgan fingerprint density at radius 2 is 0.867 bits per heavy atom. The molecule has 0 spiro atoms. The Balaban J connectivity index is 3.62. The Hall–Kier alpha value is -3.61. The maximum absolute atomic E-state index is 13.8. The lowest BCUT2D eigenvalue weighted by Crippen LogP contribution is -2.76. The van der Waals surface area contributed by atoms with Crippen molar-refractivity contribution < 1.29 is 111 Å². The third kappa shape index (κ3) is 5.36. The van der Waals surface area contributed by atoms with Crippen LogP contribution in [0.3, 0.4) is 0 Å². The zero-order valence-corrected chi connectivity index (χ0v) is 19.6. The maximum atomic E-state index is 13.8. The van der Waals surface area contributed by atoms with Gasteiger partial charge in [0.05, 0.1) is 0 Å². The fourth-order valence-electron chi connectivity index (χ4n) is 2.64. The summed E-state index contributed by atoms with van der Waals surface area (Å²) in [6.07, 6.45) is -8.07. The highest BCUT2D eigenvalue weighted by atomic mass is 19.4. The van der Waals surface area contributed by atoms with Crippen molar-refractivity contribution in [2.75, 3.05) is 6.61 Å². The smallest absolute Gasteiger partial charge is 0.455 e. The van der Waals surface area contributed by atoms with Gasteiger partial charge >= 0.3 is 59.5 Å². The van der Waals surface area contributed by atoms with E-state index in [1.807, 2.05) is 5.11 Å². The van der Waals surface area contributed by atoms with E-state index in [9.17, 15) is 106 Å². The molecule has 1 aromatic rings. The van der Waals surface area contributed by atoms with E-state index in [4.69, 9.17) is 5.53 Å². The fraction of sp³-hybridized carbons (Fsp3) is 0.588. The molecule has 258 valence electrons. The van der Waals surface area contributed by atoms with Crippen molar-refractivity contribution in [3.05, 3.63) is 39.3 Å². The predicted octanol–water partition coefficient (Wildman–Crippen LogP) is 8.99. The highest BCUT2D eigenvalue weighted by Gasteiger charge is 2.96. The molecule has 0 heterocycles. The Morgan fingerprint density at radius 3 is 1.18 bits per heavy atom. The minimum Gasteiger partial charge on any atom is -0.455 e. The number of esters is 1. The van der Waals surface area contributed by atoms with Gasteiger partial charge in [0.15, 0.2) is 29.9 Å². The second kappa shape index (κ2) is 11.0. The van der Waals surface area contributed by atoms with E-state index in [0.29, 0.717) is 0 Å². The zero-order valence-electron chi connectivity index (χ0n) is 19.6. The van der Waals surface area contributed by atoms with Crippen LogP contribution in [0.5, 0.6) is 0 Å². The molecule has 0 bridgehead atoms. The lowest BCUT2D eigenvalue weighted by atomic mass is 9.87. The topological polar surface area (TPSA) is 75.1 Å². The molecule has 0 aliphatic rings. The number of alkyl halides is 19. The van der Waals surface area contributed by atoms with Crippen LogP contribution in [0.4, 0.5) is 107 Å². The number of rotatable bonds is 11. The summed E-state index contributed by atoms with van der Waals surface area (Å²) in [5.41, 5.74) is 2.89. The molecule has 0 N–H and O–H groups in total. The number of ether oxygens (including phenoxy) is 1. The van der Waals surface area contributed by atoms with Crippen molar-refractivity contribution in [2.24, 2.45) is 5.11 Å². The molecule has 0 saturated carbocycles. The minimum absolute atomic E-state index is 1.64. The first kappa shape index (κ1) is 39.4. The van der Waals surface area contributed by atoms with E-state index >= 15 is 0 Å².